The van der Waals surface area contributed by atoms with Gasteiger partial charge in [-0.1, -0.05) is 31.4 Å². The molecule has 1 fully saturated rings. The minimum Gasteiger partial charge on any atom is -0.482 e. The molecule has 1 amide bonds. The van der Waals surface area contributed by atoms with E-state index >= 15 is 0 Å². The number of hydrogen-bond donors (Lipinski definition) is 3. The number of anilines is 1. The quantitative estimate of drug-likeness (QED) is 0.712. The van der Waals surface area contributed by atoms with Crippen molar-refractivity contribution in [2.75, 3.05) is 18.9 Å². The van der Waals surface area contributed by atoms with E-state index in [4.69, 9.17) is 10.5 Å². The van der Waals surface area contributed by atoms with Crippen molar-refractivity contribution in [3.63, 3.8) is 0 Å². The first kappa shape index (κ1) is 14.7. The maximum atomic E-state index is 11.7. The summed E-state index contributed by atoms with van der Waals surface area (Å²) in [6.45, 7) is 0.198. The van der Waals surface area contributed by atoms with Gasteiger partial charge < -0.3 is 20.9 Å². The van der Waals surface area contributed by atoms with E-state index in [1.165, 1.54) is 0 Å². The largest absolute Gasteiger partial charge is 0.482 e. The second-order valence-corrected chi connectivity index (χ2v) is 5.39. The fourth-order valence-corrected chi connectivity index (χ4v) is 2.46. The van der Waals surface area contributed by atoms with Gasteiger partial charge in [-0.25, -0.2) is 0 Å². The lowest BCUT2D eigenvalue weighted by Crippen LogP contribution is -2.45. The van der Waals surface area contributed by atoms with Gasteiger partial charge in [0.15, 0.2) is 6.61 Å². The van der Waals surface area contributed by atoms with Gasteiger partial charge in [-0.15, -0.1) is 0 Å². The van der Waals surface area contributed by atoms with Crippen LogP contribution in [0.25, 0.3) is 0 Å². The zero-order valence-corrected chi connectivity index (χ0v) is 11.6. The van der Waals surface area contributed by atoms with Crippen molar-refractivity contribution in [1.82, 2.24) is 5.32 Å². The first-order valence-corrected chi connectivity index (χ1v) is 7.05. The third-order valence-corrected chi connectivity index (χ3v) is 3.68. The zero-order valence-electron chi connectivity index (χ0n) is 11.6. The van der Waals surface area contributed by atoms with E-state index in [0.29, 0.717) is 18.0 Å². The summed E-state index contributed by atoms with van der Waals surface area (Å²) in [5.74, 6) is 0.256. The molecule has 0 aliphatic heterocycles. The minimum atomic E-state index is -0.750. The van der Waals surface area contributed by atoms with Gasteiger partial charge in [0.25, 0.3) is 5.91 Å². The number of aliphatic hydroxyl groups is 1. The van der Waals surface area contributed by atoms with Crippen LogP contribution < -0.4 is 15.8 Å². The molecule has 0 unspecified atom stereocenters. The molecule has 1 aromatic rings. The summed E-state index contributed by atoms with van der Waals surface area (Å²) in [6, 6.07) is 7.05. The summed E-state index contributed by atoms with van der Waals surface area (Å²) in [5, 5.41) is 13.0. The fourth-order valence-electron chi connectivity index (χ4n) is 2.46. The monoisotopic (exact) mass is 278 g/mol. The Balaban J connectivity index is 1.74. The number of carbonyl (C=O) groups is 1. The Kier molecular flexibility index (Phi) is 4.84. The average molecular weight is 278 g/mol. The topological polar surface area (TPSA) is 84.6 Å². The molecule has 4 N–H and O–H groups in total. The van der Waals surface area contributed by atoms with Gasteiger partial charge >= 0.3 is 0 Å². The van der Waals surface area contributed by atoms with Gasteiger partial charge in [0.2, 0.25) is 0 Å². The summed E-state index contributed by atoms with van der Waals surface area (Å²) < 4.78 is 5.35. The molecule has 0 bridgehead atoms. The van der Waals surface area contributed by atoms with E-state index < -0.39 is 5.60 Å². The van der Waals surface area contributed by atoms with E-state index in [-0.39, 0.29) is 12.5 Å². The van der Waals surface area contributed by atoms with Gasteiger partial charge in [-0.3, -0.25) is 4.79 Å². The summed E-state index contributed by atoms with van der Waals surface area (Å²) in [5.41, 5.74) is 5.48. The molecule has 0 saturated heterocycles. The van der Waals surface area contributed by atoms with Gasteiger partial charge in [0.1, 0.15) is 5.75 Å². The summed E-state index contributed by atoms with van der Waals surface area (Å²) >= 11 is 0. The zero-order chi connectivity index (χ0) is 14.4. The number of carbonyl (C=O) groups excluding carboxylic acids is 1. The molecule has 5 nitrogen and oxygen atoms in total. The number of ether oxygens (including phenoxy) is 1. The predicted molar refractivity (Wildman–Crippen MR) is 77.4 cm³/mol. The van der Waals surface area contributed by atoms with Crippen LogP contribution in [0.2, 0.25) is 0 Å². The van der Waals surface area contributed by atoms with Crippen molar-refractivity contribution in [3.8, 4) is 5.75 Å². The molecule has 0 radical (unpaired) electrons. The van der Waals surface area contributed by atoms with Crippen molar-refractivity contribution < 1.29 is 14.6 Å². The highest BCUT2D eigenvalue weighted by Crippen LogP contribution is 2.27. The van der Waals surface area contributed by atoms with Crippen molar-refractivity contribution in [3.05, 3.63) is 24.3 Å². The van der Waals surface area contributed by atoms with Gasteiger partial charge in [-0.2, -0.15) is 0 Å². The maximum Gasteiger partial charge on any atom is 0.258 e. The molecular formula is C15H22N2O3. The lowest BCUT2D eigenvalue weighted by Gasteiger charge is -2.32. The second-order valence-electron chi connectivity index (χ2n) is 5.39. The van der Waals surface area contributed by atoms with Crippen LogP contribution in [-0.2, 0) is 4.79 Å². The highest BCUT2D eigenvalue weighted by molar-refractivity contribution is 5.77. The first-order valence-electron chi connectivity index (χ1n) is 7.05. The Morgan fingerprint density at radius 3 is 2.70 bits per heavy atom. The molecule has 0 atom stereocenters. The number of benzene rings is 1. The lowest BCUT2D eigenvalue weighted by molar-refractivity contribution is -0.124. The highest BCUT2D eigenvalue weighted by Gasteiger charge is 2.29. The van der Waals surface area contributed by atoms with Crippen LogP contribution in [0.4, 0.5) is 5.69 Å². The second kappa shape index (κ2) is 6.61. The minimum absolute atomic E-state index is 0.0930. The average Bonchev–Trinajstić information content (AvgIpc) is 2.45. The van der Waals surface area contributed by atoms with E-state index in [0.717, 1.165) is 32.1 Å². The molecular weight excluding hydrogens is 256 g/mol. The van der Waals surface area contributed by atoms with Crippen molar-refractivity contribution >= 4 is 11.6 Å². The van der Waals surface area contributed by atoms with Crippen LogP contribution in [0, 0.1) is 0 Å². The molecule has 0 aromatic heterocycles. The molecule has 0 spiro atoms. The number of rotatable bonds is 5. The molecule has 1 aliphatic carbocycles. The van der Waals surface area contributed by atoms with Crippen LogP contribution in [0.1, 0.15) is 32.1 Å². The van der Waals surface area contributed by atoms with Crippen LogP contribution in [0.15, 0.2) is 24.3 Å². The van der Waals surface area contributed by atoms with Gasteiger partial charge in [0, 0.05) is 6.54 Å². The standard InChI is InChI=1S/C15H22N2O3/c16-12-6-2-3-7-13(12)20-10-14(18)17-11-15(19)8-4-1-5-9-15/h2-3,6-7,19H,1,4-5,8-11,16H2,(H,17,18). The molecule has 2 rings (SSSR count). The van der Waals surface area contributed by atoms with Crippen molar-refractivity contribution in [2.24, 2.45) is 0 Å². The Morgan fingerprint density at radius 1 is 1.30 bits per heavy atom. The number of nitrogens with one attached hydrogen (secondary N) is 1. The van der Waals surface area contributed by atoms with Gasteiger partial charge in [-0.05, 0) is 25.0 Å². The lowest BCUT2D eigenvalue weighted by atomic mass is 9.85. The van der Waals surface area contributed by atoms with E-state index in [1.54, 1.807) is 24.3 Å². The number of nitrogens with two attached hydrogens (primary N) is 1. The van der Waals surface area contributed by atoms with Crippen molar-refractivity contribution in [2.45, 2.75) is 37.7 Å². The maximum absolute atomic E-state index is 11.7. The van der Waals surface area contributed by atoms with Crippen LogP contribution in [0.3, 0.4) is 0 Å². The van der Waals surface area contributed by atoms with E-state index in [2.05, 4.69) is 5.32 Å². The molecule has 110 valence electrons. The summed E-state index contributed by atoms with van der Waals surface area (Å²) in [7, 11) is 0. The molecule has 5 heteroatoms. The van der Waals surface area contributed by atoms with Crippen LogP contribution >= 0.6 is 0 Å². The normalized spacial score (nSPS) is 17.4. The molecule has 1 saturated carbocycles. The fraction of sp³-hybridized carbons (Fsp3) is 0.533. The highest BCUT2D eigenvalue weighted by atomic mass is 16.5. The summed E-state index contributed by atoms with van der Waals surface area (Å²) in [4.78, 5) is 11.7. The smallest absolute Gasteiger partial charge is 0.258 e. The summed E-state index contributed by atoms with van der Waals surface area (Å²) in [6.07, 6.45) is 4.69. The third-order valence-electron chi connectivity index (χ3n) is 3.68. The van der Waals surface area contributed by atoms with Crippen LogP contribution in [0.5, 0.6) is 5.75 Å². The van der Waals surface area contributed by atoms with E-state index in [9.17, 15) is 9.90 Å². The number of hydrogen-bond acceptors (Lipinski definition) is 4. The Hall–Kier alpha value is -1.75. The molecule has 0 heterocycles. The molecule has 20 heavy (non-hydrogen) atoms. The SMILES string of the molecule is Nc1ccccc1OCC(=O)NCC1(O)CCCCC1. The number of nitrogen functional groups attached to an aromatic ring is 1. The number of para-hydroxylation sites is 2. The predicted octanol–water partition coefficient (Wildman–Crippen LogP) is 1.46. The number of amides is 1. The molecule has 1 aromatic carbocycles. The van der Waals surface area contributed by atoms with Gasteiger partial charge in [0.05, 0.1) is 11.3 Å². The Bertz CT molecular complexity index is 456. The third kappa shape index (κ3) is 4.13. The van der Waals surface area contributed by atoms with Crippen molar-refractivity contribution in [1.29, 1.82) is 0 Å². The van der Waals surface area contributed by atoms with E-state index in [1.807, 2.05) is 0 Å². The molecule has 1 aliphatic rings. The Morgan fingerprint density at radius 2 is 2.00 bits per heavy atom. The van der Waals surface area contributed by atoms with Crippen LogP contribution in [-0.4, -0.2) is 29.8 Å². The first-order chi connectivity index (χ1) is 9.59. The Labute approximate surface area is 119 Å².